The Balaban J connectivity index is 2.39. The van der Waals surface area contributed by atoms with Crippen LogP contribution in [-0.4, -0.2) is 25.7 Å². The summed E-state index contributed by atoms with van der Waals surface area (Å²) in [6.07, 6.45) is 6.28. The molecule has 14 heavy (non-hydrogen) atoms. The first-order chi connectivity index (χ1) is 6.77. The molecule has 1 aliphatic carbocycles. The molecule has 0 radical (unpaired) electrons. The fraction of sp³-hybridized carbons (Fsp3) is 0.900. The molecule has 1 saturated carbocycles. The minimum absolute atomic E-state index is 0.119. The molecule has 1 unspecified atom stereocenters. The van der Waals surface area contributed by atoms with Crippen molar-refractivity contribution in [2.45, 2.75) is 38.1 Å². The number of hydrogen-bond acceptors (Lipinski definition) is 2. The van der Waals surface area contributed by atoms with Gasteiger partial charge in [0, 0.05) is 19.6 Å². The number of carbonyl (C=O) groups is 1. The molecule has 0 aromatic carbocycles. The molecule has 0 bridgehead atoms. The van der Waals surface area contributed by atoms with Crippen LogP contribution in [0.1, 0.15) is 32.1 Å². The van der Waals surface area contributed by atoms with Crippen molar-refractivity contribution in [1.29, 1.82) is 0 Å². The summed E-state index contributed by atoms with van der Waals surface area (Å²) >= 11 is 0. The number of nitrogens with two attached hydrogens (primary N) is 1. The molecule has 4 N–H and O–H groups in total. The van der Waals surface area contributed by atoms with E-state index in [2.05, 4.69) is 10.6 Å². The Bertz CT molecular complexity index is 178. The molecular weight excluding hydrogens is 178 g/mol. The first kappa shape index (κ1) is 11.3. The van der Waals surface area contributed by atoms with Gasteiger partial charge in [-0.15, -0.1) is 0 Å². The topological polar surface area (TPSA) is 67.2 Å². The van der Waals surface area contributed by atoms with Crippen LogP contribution in [0.25, 0.3) is 0 Å². The highest BCUT2D eigenvalue weighted by Gasteiger charge is 2.23. The Morgan fingerprint density at radius 2 is 2.07 bits per heavy atom. The third kappa shape index (κ3) is 3.18. The van der Waals surface area contributed by atoms with Gasteiger partial charge >= 0.3 is 6.03 Å². The standard InChI is InChI=1S/C10H21N3O/c1-12-10(14)13-9(7-11)8-5-3-2-4-6-8/h8-9H,2-7,11H2,1H3,(H2,12,13,14). The van der Waals surface area contributed by atoms with Gasteiger partial charge in [0.1, 0.15) is 0 Å². The quantitative estimate of drug-likeness (QED) is 0.630. The molecule has 0 spiro atoms. The molecule has 4 nitrogen and oxygen atoms in total. The fourth-order valence-corrected chi connectivity index (χ4v) is 2.15. The Labute approximate surface area is 85.6 Å². The molecule has 82 valence electrons. The van der Waals surface area contributed by atoms with Gasteiger partial charge in [-0.25, -0.2) is 4.79 Å². The highest BCUT2D eigenvalue weighted by Crippen LogP contribution is 2.25. The third-order valence-corrected chi connectivity index (χ3v) is 3.02. The Morgan fingerprint density at radius 1 is 1.43 bits per heavy atom. The van der Waals surface area contributed by atoms with E-state index in [1.165, 1.54) is 32.1 Å². The van der Waals surface area contributed by atoms with Crippen molar-refractivity contribution in [2.75, 3.05) is 13.6 Å². The van der Waals surface area contributed by atoms with E-state index >= 15 is 0 Å². The first-order valence-electron chi connectivity index (χ1n) is 5.46. The van der Waals surface area contributed by atoms with Crippen LogP contribution in [-0.2, 0) is 0 Å². The number of rotatable bonds is 3. The van der Waals surface area contributed by atoms with E-state index in [1.807, 2.05) is 0 Å². The van der Waals surface area contributed by atoms with Gasteiger partial charge in [0.15, 0.2) is 0 Å². The molecule has 0 saturated heterocycles. The van der Waals surface area contributed by atoms with Crippen molar-refractivity contribution in [3.8, 4) is 0 Å². The van der Waals surface area contributed by atoms with Crippen LogP contribution in [0.15, 0.2) is 0 Å². The van der Waals surface area contributed by atoms with Crippen LogP contribution in [0.3, 0.4) is 0 Å². The van der Waals surface area contributed by atoms with Crippen molar-refractivity contribution < 1.29 is 4.79 Å². The monoisotopic (exact) mass is 199 g/mol. The third-order valence-electron chi connectivity index (χ3n) is 3.02. The largest absolute Gasteiger partial charge is 0.341 e. The molecule has 1 rings (SSSR count). The zero-order valence-corrected chi connectivity index (χ0v) is 8.88. The second kappa shape index (κ2) is 5.86. The summed E-state index contributed by atoms with van der Waals surface area (Å²) in [5.41, 5.74) is 5.66. The molecule has 0 aliphatic heterocycles. The predicted octanol–water partition coefficient (Wildman–Crippen LogP) is 0.823. The van der Waals surface area contributed by atoms with Crippen LogP contribution < -0.4 is 16.4 Å². The predicted molar refractivity (Wildman–Crippen MR) is 57.0 cm³/mol. The van der Waals surface area contributed by atoms with E-state index in [4.69, 9.17) is 5.73 Å². The molecule has 2 amide bonds. The molecule has 1 aliphatic rings. The lowest BCUT2D eigenvalue weighted by Gasteiger charge is -2.29. The van der Waals surface area contributed by atoms with Gasteiger partial charge in [-0.3, -0.25) is 0 Å². The van der Waals surface area contributed by atoms with E-state index in [0.717, 1.165) is 0 Å². The van der Waals surface area contributed by atoms with Gasteiger partial charge in [0.2, 0.25) is 0 Å². The maximum atomic E-state index is 11.1. The Morgan fingerprint density at radius 3 is 2.57 bits per heavy atom. The van der Waals surface area contributed by atoms with E-state index in [-0.39, 0.29) is 12.1 Å². The van der Waals surface area contributed by atoms with Crippen molar-refractivity contribution >= 4 is 6.03 Å². The van der Waals surface area contributed by atoms with Crippen molar-refractivity contribution in [3.63, 3.8) is 0 Å². The van der Waals surface area contributed by atoms with Crippen LogP contribution in [0.5, 0.6) is 0 Å². The molecular formula is C10H21N3O. The summed E-state index contributed by atoms with van der Waals surface area (Å²) in [4.78, 5) is 11.1. The smallest absolute Gasteiger partial charge is 0.314 e. The zero-order valence-electron chi connectivity index (χ0n) is 8.88. The molecule has 0 aromatic heterocycles. The SMILES string of the molecule is CNC(=O)NC(CN)C1CCCCC1. The molecule has 1 atom stereocenters. The van der Waals surface area contributed by atoms with Gasteiger partial charge < -0.3 is 16.4 Å². The van der Waals surface area contributed by atoms with Crippen LogP contribution >= 0.6 is 0 Å². The average molecular weight is 199 g/mol. The number of amides is 2. The highest BCUT2D eigenvalue weighted by atomic mass is 16.2. The maximum Gasteiger partial charge on any atom is 0.314 e. The Hall–Kier alpha value is -0.770. The number of nitrogens with one attached hydrogen (secondary N) is 2. The van der Waals surface area contributed by atoms with Crippen LogP contribution in [0, 0.1) is 5.92 Å². The highest BCUT2D eigenvalue weighted by molar-refractivity contribution is 5.73. The second-order valence-corrected chi connectivity index (χ2v) is 3.96. The van der Waals surface area contributed by atoms with Crippen molar-refractivity contribution in [3.05, 3.63) is 0 Å². The number of carbonyl (C=O) groups excluding carboxylic acids is 1. The second-order valence-electron chi connectivity index (χ2n) is 3.96. The van der Waals surface area contributed by atoms with Gasteiger partial charge in [-0.1, -0.05) is 19.3 Å². The number of hydrogen-bond donors (Lipinski definition) is 3. The van der Waals surface area contributed by atoms with Crippen LogP contribution in [0.2, 0.25) is 0 Å². The van der Waals surface area contributed by atoms with Gasteiger partial charge in [0.25, 0.3) is 0 Å². The minimum atomic E-state index is -0.119. The maximum absolute atomic E-state index is 11.1. The van der Waals surface area contributed by atoms with E-state index < -0.39 is 0 Å². The summed E-state index contributed by atoms with van der Waals surface area (Å²) in [5.74, 6) is 0.575. The average Bonchev–Trinajstić information content (AvgIpc) is 2.26. The summed E-state index contributed by atoms with van der Waals surface area (Å²) in [7, 11) is 1.63. The lowest BCUT2D eigenvalue weighted by atomic mass is 9.84. The molecule has 0 heterocycles. The number of urea groups is 1. The lowest BCUT2D eigenvalue weighted by Crippen LogP contribution is -2.48. The van der Waals surface area contributed by atoms with Crippen molar-refractivity contribution in [2.24, 2.45) is 11.7 Å². The van der Waals surface area contributed by atoms with Gasteiger partial charge in [0.05, 0.1) is 0 Å². The van der Waals surface area contributed by atoms with Gasteiger partial charge in [-0.05, 0) is 18.8 Å². The van der Waals surface area contributed by atoms with E-state index in [1.54, 1.807) is 7.05 Å². The summed E-state index contributed by atoms with van der Waals surface area (Å²) < 4.78 is 0. The summed E-state index contributed by atoms with van der Waals surface area (Å²) in [5, 5.41) is 5.47. The Kier molecular flexibility index (Phi) is 4.73. The normalized spacial score (nSPS) is 20.1. The minimum Gasteiger partial charge on any atom is -0.341 e. The summed E-state index contributed by atoms with van der Waals surface area (Å²) in [6, 6.07) is 0.0290. The fourth-order valence-electron chi connectivity index (χ4n) is 2.15. The summed E-state index contributed by atoms with van der Waals surface area (Å²) in [6.45, 7) is 0.540. The lowest BCUT2D eigenvalue weighted by molar-refractivity contribution is 0.224. The zero-order chi connectivity index (χ0) is 10.4. The van der Waals surface area contributed by atoms with E-state index in [9.17, 15) is 4.79 Å². The van der Waals surface area contributed by atoms with Crippen molar-refractivity contribution in [1.82, 2.24) is 10.6 Å². The molecule has 4 heteroatoms. The first-order valence-corrected chi connectivity index (χ1v) is 5.46. The van der Waals surface area contributed by atoms with Gasteiger partial charge in [-0.2, -0.15) is 0 Å². The molecule has 0 aromatic rings. The van der Waals surface area contributed by atoms with E-state index in [0.29, 0.717) is 12.5 Å². The molecule has 1 fully saturated rings. The van der Waals surface area contributed by atoms with Crippen LogP contribution in [0.4, 0.5) is 4.79 Å².